The summed E-state index contributed by atoms with van der Waals surface area (Å²) in [5.41, 5.74) is 2.17. The molecule has 1 heterocycles. The van der Waals surface area contributed by atoms with E-state index in [4.69, 9.17) is 5.11 Å². The number of aromatic hydroxyl groups is 1. The zero-order valence-electron chi connectivity index (χ0n) is 8.17. The van der Waals surface area contributed by atoms with Crippen LogP contribution in [0.3, 0.4) is 0 Å². The molecule has 0 aliphatic carbocycles. The quantitative estimate of drug-likeness (QED) is 0.802. The van der Waals surface area contributed by atoms with Crippen LogP contribution < -0.4 is 0 Å². The number of aromatic nitrogens is 1. The molecule has 2 aromatic rings. The number of rotatable bonds is 2. The van der Waals surface area contributed by atoms with Crippen LogP contribution in [0, 0.1) is 0 Å². The topological polar surface area (TPSA) is 33.1 Å². The molecule has 0 saturated carbocycles. The predicted octanol–water partition coefficient (Wildman–Crippen LogP) is 2.96. The summed E-state index contributed by atoms with van der Waals surface area (Å²) in [6, 6.07) is 11.0. The molecule has 0 fully saturated rings. The Hall–Kier alpha value is -2.09. The van der Waals surface area contributed by atoms with Crippen molar-refractivity contribution < 1.29 is 5.11 Å². The highest BCUT2D eigenvalue weighted by atomic mass is 16.3. The van der Waals surface area contributed by atoms with Gasteiger partial charge < -0.3 is 5.11 Å². The largest absolute Gasteiger partial charge is 0.508 e. The fraction of sp³-hybridized carbons (Fsp3) is 0. The minimum atomic E-state index is 0.288. The minimum Gasteiger partial charge on any atom is -0.508 e. The third-order valence-electron chi connectivity index (χ3n) is 2.07. The van der Waals surface area contributed by atoms with E-state index in [-0.39, 0.29) is 5.75 Å². The molecular formula is C13H11NO. The lowest BCUT2D eigenvalue weighted by Crippen LogP contribution is -1.73. The van der Waals surface area contributed by atoms with Crippen LogP contribution in [0.1, 0.15) is 11.1 Å². The highest BCUT2D eigenvalue weighted by molar-refractivity contribution is 5.69. The average molecular weight is 197 g/mol. The maximum atomic E-state index is 9.11. The number of phenolic OH excluding ortho intramolecular Hbond substituents is 1. The van der Waals surface area contributed by atoms with E-state index >= 15 is 0 Å². The molecule has 0 aliphatic heterocycles. The Bertz CT molecular complexity index is 446. The van der Waals surface area contributed by atoms with E-state index in [1.807, 2.05) is 36.4 Å². The van der Waals surface area contributed by atoms with Gasteiger partial charge in [-0.3, -0.25) is 4.98 Å². The first-order chi connectivity index (χ1) is 7.34. The molecule has 2 rings (SSSR count). The van der Waals surface area contributed by atoms with Crippen molar-refractivity contribution in [2.24, 2.45) is 0 Å². The van der Waals surface area contributed by atoms with Crippen LogP contribution >= 0.6 is 0 Å². The second-order valence-electron chi connectivity index (χ2n) is 3.21. The number of hydrogen-bond donors (Lipinski definition) is 1. The van der Waals surface area contributed by atoms with Gasteiger partial charge in [0.05, 0.1) is 0 Å². The molecule has 15 heavy (non-hydrogen) atoms. The van der Waals surface area contributed by atoms with E-state index in [1.54, 1.807) is 24.5 Å². The van der Waals surface area contributed by atoms with Crippen molar-refractivity contribution in [3.63, 3.8) is 0 Å². The third kappa shape index (κ3) is 2.68. The summed E-state index contributed by atoms with van der Waals surface area (Å²) in [4.78, 5) is 3.95. The second-order valence-corrected chi connectivity index (χ2v) is 3.21. The highest BCUT2D eigenvalue weighted by Crippen LogP contribution is 2.12. The normalized spacial score (nSPS) is 10.7. The molecule has 0 atom stereocenters. The monoisotopic (exact) mass is 197 g/mol. The van der Waals surface area contributed by atoms with Crippen molar-refractivity contribution >= 4 is 12.2 Å². The van der Waals surface area contributed by atoms with Crippen molar-refractivity contribution in [3.05, 3.63) is 59.9 Å². The summed E-state index contributed by atoms with van der Waals surface area (Å²) in [6.45, 7) is 0. The standard InChI is InChI=1S/C13H11NO/c15-13-5-3-11(4-6-13)1-2-12-7-9-14-10-8-12/h1-10,15H/b2-1+. The first kappa shape index (κ1) is 9.46. The Labute approximate surface area is 88.5 Å². The summed E-state index contributed by atoms with van der Waals surface area (Å²) in [6.07, 6.45) is 7.52. The van der Waals surface area contributed by atoms with Crippen LogP contribution in [0.5, 0.6) is 5.75 Å². The lowest BCUT2D eigenvalue weighted by Gasteiger charge is -1.94. The number of nitrogens with zero attached hydrogens (tertiary/aromatic N) is 1. The van der Waals surface area contributed by atoms with Gasteiger partial charge in [0.1, 0.15) is 5.75 Å². The molecule has 0 spiro atoms. The van der Waals surface area contributed by atoms with Gasteiger partial charge >= 0.3 is 0 Å². The smallest absolute Gasteiger partial charge is 0.115 e. The van der Waals surface area contributed by atoms with E-state index < -0.39 is 0 Å². The van der Waals surface area contributed by atoms with Crippen LogP contribution in [-0.2, 0) is 0 Å². The Balaban J connectivity index is 2.15. The molecule has 1 N–H and O–H groups in total. The summed E-state index contributed by atoms with van der Waals surface area (Å²) in [7, 11) is 0. The van der Waals surface area contributed by atoms with Crippen LogP contribution in [0.25, 0.3) is 12.2 Å². The van der Waals surface area contributed by atoms with Gasteiger partial charge in [0, 0.05) is 12.4 Å². The van der Waals surface area contributed by atoms with Gasteiger partial charge in [-0.25, -0.2) is 0 Å². The van der Waals surface area contributed by atoms with E-state index in [0.717, 1.165) is 11.1 Å². The average Bonchev–Trinajstić information content (AvgIpc) is 2.30. The summed E-state index contributed by atoms with van der Waals surface area (Å²) >= 11 is 0. The summed E-state index contributed by atoms with van der Waals surface area (Å²) < 4.78 is 0. The molecule has 0 aliphatic rings. The lowest BCUT2D eigenvalue weighted by molar-refractivity contribution is 0.475. The van der Waals surface area contributed by atoms with Gasteiger partial charge in [0.15, 0.2) is 0 Å². The Kier molecular flexibility index (Phi) is 2.79. The van der Waals surface area contributed by atoms with Gasteiger partial charge in [-0.1, -0.05) is 24.3 Å². The highest BCUT2D eigenvalue weighted by Gasteiger charge is 1.88. The number of benzene rings is 1. The fourth-order valence-electron chi connectivity index (χ4n) is 1.25. The first-order valence-electron chi connectivity index (χ1n) is 4.72. The van der Waals surface area contributed by atoms with E-state index in [0.29, 0.717) is 0 Å². The van der Waals surface area contributed by atoms with E-state index in [2.05, 4.69) is 4.98 Å². The lowest BCUT2D eigenvalue weighted by atomic mass is 10.1. The maximum Gasteiger partial charge on any atom is 0.115 e. The molecule has 2 heteroatoms. The van der Waals surface area contributed by atoms with Gasteiger partial charge in [-0.2, -0.15) is 0 Å². The van der Waals surface area contributed by atoms with E-state index in [9.17, 15) is 0 Å². The first-order valence-corrected chi connectivity index (χ1v) is 4.72. The second kappa shape index (κ2) is 4.42. The maximum absolute atomic E-state index is 9.11. The van der Waals surface area contributed by atoms with Crippen LogP contribution in [0.2, 0.25) is 0 Å². The Morgan fingerprint density at radius 3 is 1.93 bits per heavy atom. The fourth-order valence-corrected chi connectivity index (χ4v) is 1.25. The zero-order chi connectivity index (χ0) is 10.5. The molecule has 0 unspecified atom stereocenters. The predicted molar refractivity (Wildman–Crippen MR) is 61.3 cm³/mol. The number of hydrogen-bond acceptors (Lipinski definition) is 2. The van der Waals surface area contributed by atoms with Crippen molar-refractivity contribution in [1.29, 1.82) is 0 Å². The van der Waals surface area contributed by atoms with Crippen molar-refractivity contribution in [1.82, 2.24) is 4.98 Å². The minimum absolute atomic E-state index is 0.288. The van der Waals surface area contributed by atoms with Gasteiger partial charge in [-0.15, -0.1) is 0 Å². The van der Waals surface area contributed by atoms with Gasteiger partial charge in [0.2, 0.25) is 0 Å². The van der Waals surface area contributed by atoms with Gasteiger partial charge in [-0.05, 0) is 35.4 Å². The van der Waals surface area contributed by atoms with Crippen LogP contribution in [0.15, 0.2) is 48.8 Å². The summed E-state index contributed by atoms with van der Waals surface area (Å²) in [5, 5.41) is 9.11. The Morgan fingerprint density at radius 1 is 0.800 bits per heavy atom. The van der Waals surface area contributed by atoms with E-state index in [1.165, 1.54) is 0 Å². The number of pyridine rings is 1. The molecule has 0 saturated heterocycles. The molecule has 0 bridgehead atoms. The van der Waals surface area contributed by atoms with Gasteiger partial charge in [0.25, 0.3) is 0 Å². The van der Waals surface area contributed by atoms with Crippen molar-refractivity contribution in [2.45, 2.75) is 0 Å². The molecule has 1 aromatic heterocycles. The molecular weight excluding hydrogens is 186 g/mol. The van der Waals surface area contributed by atoms with Crippen molar-refractivity contribution in [2.75, 3.05) is 0 Å². The Morgan fingerprint density at radius 2 is 1.33 bits per heavy atom. The molecule has 0 radical (unpaired) electrons. The molecule has 2 nitrogen and oxygen atoms in total. The third-order valence-corrected chi connectivity index (χ3v) is 2.07. The molecule has 0 amide bonds. The summed E-state index contributed by atoms with van der Waals surface area (Å²) in [5.74, 6) is 0.288. The van der Waals surface area contributed by atoms with Crippen LogP contribution in [0.4, 0.5) is 0 Å². The zero-order valence-corrected chi connectivity index (χ0v) is 8.17. The molecule has 1 aromatic carbocycles. The SMILES string of the molecule is Oc1ccc(/C=C/c2ccncc2)cc1. The van der Waals surface area contributed by atoms with Crippen molar-refractivity contribution in [3.8, 4) is 5.75 Å². The van der Waals surface area contributed by atoms with Crippen LogP contribution in [-0.4, -0.2) is 10.1 Å². The molecule has 74 valence electrons. The number of phenols is 1.